The van der Waals surface area contributed by atoms with E-state index >= 15 is 0 Å². The topological polar surface area (TPSA) is 86.2 Å². The van der Waals surface area contributed by atoms with Gasteiger partial charge in [0.05, 0.1) is 23.9 Å². The molecule has 0 aliphatic rings. The van der Waals surface area contributed by atoms with Crippen molar-refractivity contribution < 1.29 is 23.8 Å². The number of carbonyl (C=O) groups excluding carboxylic acids is 2. The van der Waals surface area contributed by atoms with E-state index in [1.54, 1.807) is 84.9 Å². The summed E-state index contributed by atoms with van der Waals surface area (Å²) in [5.41, 5.74) is 4.94. The molecule has 1 amide bonds. The molecule has 0 unspecified atom stereocenters. The number of amides is 1. The van der Waals surface area contributed by atoms with Gasteiger partial charge in [0, 0.05) is 5.02 Å². The molecule has 0 heterocycles. The molecule has 0 aliphatic carbocycles. The average Bonchev–Trinajstić information content (AvgIpc) is 2.98. The Hall–Kier alpha value is -4.62. The van der Waals surface area contributed by atoms with Gasteiger partial charge in [-0.15, -0.1) is 0 Å². The van der Waals surface area contributed by atoms with Crippen LogP contribution in [0.3, 0.4) is 0 Å². The van der Waals surface area contributed by atoms with E-state index in [2.05, 4.69) is 17.5 Å². The molecule has 8 heteroatoms. The van der Waals surface area contributed by atoms with Gasteiger partial charge in [-0.05, 0) is 90.3 Å². The Bertz CT molecular complexity index is 1440. The van der Waals surface area contributed by atoms with Crippen LogP contribution in [0, 0.1) is 0 Å². The molecule has 204 valence electrons. The summed E-state index contributed by atoms with van der Waals surface area (Å²) in [5.74, 6) is 0.673. The van der Waals surface area contributed by atoms with E-state index in [0.717, 1.165) is 24.2 Å². The highest BCUT2D eigenvalue weighted by molar-refractivity contribution is 6.30. The molecule has 0 bridgehead atoms. The van der Waals surface area contributed by atoms with E-state index in [1.807, 2.05) is 12.1 Å². The van der Waals surface area contributed by atoms with Gasteiger partial charge >= 0.3 is 5.97 Å². The lowest BCUT2D eigenvalue weighted by atomic mass is 10.2. The highest BCUT2D eigenvalue weighted by Gasteiger charge is 2.12. The third kappa shape index (κ3) is 8.44. The molecule has 4 aromatic rings. The number of hydrogen-bond acceptors (Lipinski definition) is 6. The van der Waals surface area contributed by atoms with E-state index in [0.29, 0.717) is 46.4 Å². The fourth-order valence-corrected chi connectivity index (χ4v) is 3.68. The lowest BCUT2D eigenvalue weighted by Crippen LogP contribution is -2.18. The number of nitrogens with zero attached hydrogens (tertiary/aromatic N) is 1. The molecule has 0 aromatic heterocycles. The molecule has 0 fully saturated rings. The third-order valence-electron chi connectivity index (χ3n) is 5.77. The van der Waals surface area contributed by atoms with Crippen LogP contribution in [0.15, 0.2) is 102 Å². The number of para-hydroxylation sites is 1. The maximum atomic E-state index is 12.7. The van der Waals surface area contributed by atoms with E-state index in [9.17, 15) is 9.59 Å². The highest BCUT2D eigenvalue weighted by atomic mass is 35.5. The van der Waals surface area contributed by atoms with Gasteiger partial charge < -0.3 is 14.2 Å². The largest absolute Gasteiger partial charge is 0.494 e. The summed E-state index contributed by atoms with van der Waals surface area (Å²) in [4.78, 5) is 25.2. The van der Waals surface area contributed by atoms with Crippen molar-refractivity contribution in [2.75, 3.05) is 6.61 Å². The molecule has 0 aliphatic heterocycles. The van der Waals surface area contributed by atoms with Crippen molar-refractivity contribution in [1.29, 1.82) is 0 Å². The zero-order chi connectivity index (χ0) is 28.2. The second-order valence-corrected chi connectivity index (χ2v) is 9.23. The molecule has 0 radical (unpaired) electrons. The van der Waals surface area contributed by atoms with Gasteiger partial charge in [-0.1, -0.05) is 49.2 Å². The lowest BCUT2D eigenvalue weighted by Gasteiger charge is -2.10. The van der Waals surface area contributed by atoms with Crippen LogP contribution < -0.4 is 19.6 Å². The van der Waals surface area contributed by atoms with E-state index in [1.165, 1.54) is 6.21 Å². The minimum absolute atomic E-state index is 0.292. The number of esters is 1. The van der Waals surface area contributed by atoms with Crippen LogP contribution in [-0.4, -0.2) is 24.7 Å². The number of hydrazone groups is 1. The number of carbonyl (C=O) groups is 2. The SMILES string of the molecule is CCCCOc1ccc(C(=O)Oc2ccc(/C=N/NC(=O)c3ccccc3OCc3ccc(Cl)cc3)cc2)cc1. The summed E-state index contributed by atoms with van der Waals surface area (Å²) in [5, 5.41) is 4.69. The Morgan fingerprint density at radius 1 is 0.850 bits per heavy atom. The molecule has 4 rings (SSSR count). The highest BCUT2D eigenvalue weighted by Crippen LogP contribution is 2.20. The van der Waals surface area contributed by atoms with Crippen molar-refractivity contribution in [2.24, 2.45) is 5.10 Å². The molecule has 0 saturated carbocycles. The Morgan fingerprint density at radius 3 is 2.27 bits per heavy atom. The van der Waals surface area contributed by atoms with Crippen LogP contribution in [0.4, 0.5) is 0 Å². The molecule has 1 N–H and O–H groups in total. The van der Waals surface area contributed by atoms with Gasteiger partial charge in [0.15, 0.2) is 0 Å². The first-order valence-electron chi connectivity index (χ1n) is 12.9. The first-order chi connectivity index (χ1) is 19.5. The second-order valence-electron chi connectivity index (χ2n) is 8.80. The molecule has 40 heavy (non-hydrogen) atoms. The number of halogens is 1. The lowest BCUT2D eigenvalue weighted by molar-refractivity contribution is 0.0734. The number of ether oxygens (including phenoxy) is 3. The van der Waals surface area contributed by atoms with Crippen molar-refractivity contribution in [3.05, 3.63) is 124 Å². The van der Waals surface area contributed by atoms with Crippen LogP contribution in [0.25, 0.3) is 0 Å². The predicted molar refractivity (Wildman–Crippen MR) is 156 cm³/mol. The molecule has 0 spiro atoms. The monoisotopic (exact) mass is 556 g/mol. The summed E-state index contributed by atoms with van der Waals surface area (Å²) in [6.07, 6.45) is 3.53. The fraction of sp³-hybridized carbons (Fsp3) is 0.156. The Labute approximate surface area is 238 Å². The summed E-state index contributed by atoms with van der Waals surface area (Å²) < 4.78 is 16.9. The zero-order valence-corrected chi connectivity index (χ0v) is 22.8. The smallest absolute Gasteiger partial charge is 0.343 e. The van der Waals surface area contributed by atoms with Crippen LogP contribution in [0.1, 0.15) is 51.6 Å². The van der Waals surface area contributed by atoms with Crippen LogP contribution >= 0.6 is 11.6 Å². The summed E-state index contributed by atoms with van der Waals surface area (Å²) in [6, 6.07) is 27.9. The maximum absolute atomic E-state index is 12.7. The summed E-state index contributed by atoms with van der Waals surface area (Å²) in [7, 11) is 0. The minimum Gasteiger partial charge on any atom is -0.494 e. The van der Waals surface area contributed by atoms with E-state index in [-0.39, 0.29) is 0 Å². The molecule has 0 saturated heterocycles. The minimum atomic E-state index is -0.467. The number of rotatable bonds is 12. The summed E-state index contributed by atoms with van der Waals surface area (Å²) in [6.45, 7) is 3.04. The van der Waals surface area contributed by atoms with Crippen LogP contribution in [-0.2, 0) is 6.61 Å². The maximum Gasteiger partial charge on any atom is 0.343 e. The van der Waals surface area contributed by atoms with Crippen LogP contribution in [0.2, 0.25) is 5.02 Å². The van der Waals surface area contributed by atoms with Crippen molar-refractivity contribution >= 4 is 29.7 Å². The first-order valence-corrected chi connectivity index (χ1v) is 13.2. The normalized spacial score (nSPS) is 10.8. The molecule has 4 aromatic carbocycles. The van der Waals surface area contributed by atoms with Crippen LogP contribution in [0.5, 0.6) is 17.2 Å². The third-order valence-corrected chi connectivity index (χ3v) is 6.02. The van der Waals surface area contributed by atoms with Gasteiger partial charge in [0.25, 0.3) is 5.91 Å². The Balaban J connectivity index is 1.28. The van der Waals surface area contributed by atoms with Crippen molar-refractivity contribution in [2.45, 2.75) is 26.4 Å². The molecular weight excluding hydrogens is 528 g/mol. The fourth-order valence-electron chi connectivity index (χ4n) is 3.56. The number of nitrogens with one attached hydrogen (secondary N) is 1. The van der Waals surface area contributed by atoms with Crippen molar-refractivity contribution in [3.63, 3.8) is 0 Å². The Kier molecular flexibility index (Phi) is 10.3. The molecule has 7 nitrogen and oxygen atoms in total. The second kappa shape index (κ2) is 14.5. The van der Waals surface area contributed by atoms with Crippen molar-refractivity contribution in [1.82, 2.24) is 5.43 Å². The van der Waals surface area contributed by atoms with Gasteiger partial charge in [-0.25, -0.2) is 10.2 Å². The molecular formula is C32H29ClN2O5. The van der Waals surface area contributed by atoms with Gasteiger partial charge in [0.1, 0.15) is 23.9 Å². The quantitative estimate of drug-likeness (QED) is 0.0662. The van der Waals surface area contributed by atoms with Gasteiger partial charge in [-0.3, -0.25) is 4.79 Å². The van der Waals surface area contributed by atoms with E-state index in [4.69, 9.17) is 25.8 Å². The standard InChI is InChI=1S/C32H29ClN2O5/c1-2-3-20-38-27-18-12-25(13-19-27)32(37)40-28-16-10-23(11-17-28)21-34-35-31(36)29-6-4-5-7-30(29)39-22-24-8-14-26(33)15-9-24/h4-19,21H,2-3,20,22H2,1H3,(H,35,36)/b34-21+. The Morgan fingerprint density at radius 2 is 1.55 bits per heavy atom. The predicted octanol–water partition coefficient (Wildman–Crippen LogP) is 7.08. The van der Waals surface area contributed by atoms with Crippen molar-refractivity contribution in [3.8, 4) is 17.2 Å². The molecule has 0 atom stereocenters. The van der Waals surface area contributed by atoms with E-state index < -0.39 is 11.9 Å². The zero-order valence-electron chi connectivity index (χ0n) is 22.0. The summed E-state index contributed by atoms with van der Waals surface area (Å²) >= 11 is 5.93. The number of benzene rings is 4. The number of unbranched alkanes of at least 4 members (excludes halogenated alkanes) is 1. The average molecular weight is 557 g/mol. The first kappa shape index (κ1) is 28.4. The number of hydrogen-bond donors (Lipinski definition) is 1. The van der Waals surface area contributed by atoms with Gasteiger partial charge in [-0.2, -0.15) is 5.10 Å². The van der Waals surface area contributed by atoms with Gasteiger partial charge in [0.2, 0.25) is 0 Å².